The molecular formula is C10H16N6. The second kappa shape index (κ2) is 4.03. The van der Waals surface area contributed by atoms with Gasteiger partial charge in [0, 0.05) is 6.54 Å². The molecule has 2 aromatic heterocycles. The fraction of sp³-hybridized carbons (Fsp3) is 0.600. The van der Waals surface area contributed by atoms with Crippen molar-refractivity contribution in [3.63, 3.8) is 0 Å². The van der Waals surface area contributed by atoms with Crippen molar-refractivity contribution in [1.82, 2.24) is 25.3 Å². The fourth-order valence-electron chi connectivity index (χ4n) is 1.20. The standard InChI is InChI=1S/C10H16N6/c1-4-10(2,3)7-11-8-5-6-9-12-14-15-16(9)13-8/h5-6H,4,7H2,1-3H3,(H,11,13). The van der Waals surface area contributed by atoms with E-state index in [0.717, 1.165) is 18.8 Å². The van der Waals surface area contributed by atoms with Crippen molar-refractivity contribution in [2.45, 2.75) is 27.2 Å². The van der Waals surface area contributed by atoms with Crippen molar-refractivity contribution in [3.8, 4) is 0 Å². The lowest BCUT2D eigenvalue weighted by atomic mass is 9.90. The Morgan fingerprint density at radius 2 is 2.19 bits per heavy atom. The molecule has 1 N–H and O–H groups in total. The Balaban J connectivity index is 2.09. The molecule has 2 aromatic rings. The highest BCUT2D eigenvalue weighted by Crippen LogP contribution is 2.19. The van der Waals surface area contributed by atoms with Gasteiger partial charge >= 0.3 is 0 Å². The maximum absolute atomic E-state index is 4.24. The lowest BCUT2D eigenvalue weighted by molar-refractivity contribution is 0.376. The lowest BCUT2D eigenvalue weighted by Crippen LogP contribution is -2.22. The van der Waals surface area contributed by atoms with Gasteiger partial charge in [-0.1, -0.05) is 20.8 Å². The summed E-state index contributed by atoms with van der Waals surface area (Å²) < 4.78 is 1.42. The van der Waals surface area contributed by atoms with Crippen molar-refractivity contribution in [3.05, 3.63) is 12.1 Å². The van der Waals surface area contributed by atoms with E-state index >= 15 is 0 Å². The summed E-state index contributed by atoms with van der Waals surface area (Å²) in [6.07, 6.45) is 1.12. The summed E-state index contributed by atoms with van der Waals surface area (Å²) in [6, 6.07) is 3.73. The summed E-state index contributed by atoms with van der Waals surface area (Å²) in [5, 5.41) is 18.6. The highest BCUT2D eigenvalue weighted by Gasteiger charge is 2.14. The lowest BCUT2D eigenvalue weighted by Gasteiger charge is -2.22. The second-order valence-corrected chi connectivity index (χ2v) is 4.62. The van der Waals surface area contributed by atoms with Crippen LogP contribution in [0.25, 0.3) is 5.65 Å². The largest absolute Gasteiger partial charge is 0.368 e. The number of anilines is 1. The molecule has 0 saturated carbocycles. The Bertz CT molecular complexity index is 475. The van der Waals surface area contributed by atoms with E-state index in [-0.39, 0.29) is 5.41 Å². The number of nitrogens with one attached hydrogen (secondary N) is 1. The van der Waals surface area contributed by atoms with Gasteiger partial charge in [0.05, 0.1) is 0 Å². The van der Waals surface area contributed by atoms with Crippen LogP contribution in [0.4, 0.5) is 5.82 Å². The summed E-state index contributed by atoms with van der Waals surface area (Å²) in [5.74, 6) is 0.793. The number of fused-ring (bicyclic) bond motifs is 1. The van der Waals surface area contributed by atoms with Crippen LogP contribution in [0.5, 0.6) is 0 Å². The molecule has 6 heteroatoms. The molecule has 0 atom stereocenters. The van der Waals surface area contributed by atoms with Gasteiger partial charge in [-0.05, 0) is 34.4 Å². The Morgan fingerprint density at radius 3 is 2.94 bits per heavy atom. The van der Waals surface area contributed by atoms with Crippen LogP contribution >= 0.6 is 0 Å². The molecule has 0 aliphatic carbocycles. The molecule has 0 spiro atoms. The van der Waals surface area contributed by atoms with Crippen molar-refractivity contribution in [1.29, 1.82) is 0 Å². The van der Waals surface area contributed by atoms with Crippen molar-refractivity contribution < 1.29 is 0 Å². The average Bonchev–Trinajstić information content (AvgIpc) is 2.73. The maximum atomic E-state index is 4.24. The quantitative estimate of drug-likeness (QED) is 0.842. The number of hydrogen-bond donors (Lipinski definition) is 1. The average molecular weight is 220 g/mol. The molecule has 2 rings (SSSR count). The molecule has 0 saturated heterocycles. The van der Waals surface area contributed by atoms with Gasteiger partial charge in [0.1, 0.15) is 5.82 Å². The molecule has 0 aliphatic heterocycles. The van der Waals surface area contributed by atoms with E-state index in [2.05, 4.69) is 46.7 Å². The first-order valence-corrected chi connectivity index (χ1v) is 5.40. The van der Waals surface area contributed by atoms with E-state index in [9.17, 15) is 0 Å². The summed E-state index contributed by atoms with van der Waals surface area (Å²) in [5.41, 5.74) is 0.914. The monoisotopic (exact) mass is 220 g/mol. The van der Waals surface area contributed by atoms with E-state index in [0.29, 0.717) is 5.65 Å². The highest BCUT2D eigenvalue weighted by molar-refractivity contribution is 5.42. The van der Waals surface area contributed by atoms with Crippen molar-refractivity contribution >= 4 is 11.5 Å². The minimum absolute atomic E-state index is 0.261. The molecule has 0 bridgehead atoms. The number of tetrazole rings is 1. The SMILES string of the molecule is CCC(C)(C)CNc1ccc2nnnn2n1. The number of nitrogens with zero attached hydrogens (tertiary/aromatic N) is 5. The molecule has 0 unspecified atom stereocenters. The zero-order chi connectivity index (χ0) is 11.6. The van der Waals surface area contributed by atoms with Crippen LogP contribution in [0.15, 0.2) is 12.1 Å². The van der Waals surface area contributed by atoms with Crippen molar-refractivity contribution in [2.75, 3.05) is 11.9 Å². The highest BCUT2D eigenvalue weighted by atomic mass is 15.6. The van der Waals surface area contributed by atoms with Gasteiger partial charge in [-0.15, -0.1) is 14.8 Å². The fourth-order valence-corrected chi connectivity index (χ4v) is 1.20. The molecule has 0 aliphatic rings. The smallest absolute Gasteiger partial charge is 0.200 e. The van der Waals surface area contributed by atoms with E-state index in [1.165, 1.54) is 4.63 Å². The normalized spacial score (nSPS) is 11.9. The molecular weight excluding hydrogens is 204 g/mol. The van der Waals surface area contributed by atoms with Gasteiger partial charge in [-0.3, -0.25) is 0 Å². The predicted octanol–water partition coefficient (Wildman–Crippen LogP) is 1.37. The van der Waals surface area contributed by atoms with E-state index in [1.807, 2.05) is 12.1 Å². The zero-order valence-corrected chi connectivity index (χ0v) is 9.80. The van der Waals surface area contributed by atoms with Crippen LogP contribution < -0.4 is 5.32 Å². The molecule has 0 aromatic carbocycles. The molecule has 86 valence electrons. The summed E-state index contributed by atoms with van der Waals surface area (Å²) >= 11 is 0. The zero-order valence-electron chi connectivity index (χ0n) is 9.80. The molecule has 0 fully saturated rings. The summed E-state index contributed by atoms with van der Waals surface area (Å²) in [6.45, 7) is 7.49. The van der Waals surface area contributed by atoms with Crippen LogP contribution in [0.3, 0.4) is 0 Å². The molecule has 2 heterocycles. The molecule has 6 nitrogen and oxygen atoms in total. The van der Waals surface area contributed by atoms with E-state index < -0.39 is 0 Å². The topological polar surface area (TPSA) is 68.0 Å². The summed E-state index contributed by atoms with van der Waals surface area (Å²) in [4.78, 5) is 0. The first-order valence-electron chi connectivity index (χ1n) is 5.40. The molecule has 0 radical (unpaired) electrons. The van der Waals surface area contributed by atoms with Crippen LogP contribution in [-0.2, 0) is 0 Å². The number of aromatic nitrogens is 5. The van der Waals surface area contributed by atoms with E-state index in [1.54, 1.807) is 0 Å². The number of hydrogen-bond acceptors (Lipinski definition) is 5. The minimum Gasteiger partial charge on any atom is -0.368 e. The Kier molecular flexibility index (Phi) is 2.72. The van der Waals surface area contributed by atoms with Crippen LogP contribution in [-0.4, -0.2) is 31.8 Å². The van der Waals surface area contributed by atoms with Gasteiger partial charge < -0.3 is 5.32 Å². The van der Waals surface area contributed by atoms with Gasteiger partial charge in [0.25, 0.3) is 0 Å². The van der Waals surface area contributed by atoms with Crippen LogP contribution in [0.2, 0.25) is 0 Å². The van der Waals surface area contributed by atoms with Gasteiger partial charge in [-0.25, -0.2) is 0 Å². The second-order valence-electron chi connectivity index (χ2n) is 4.62. The van der Waals surface area contributed by atoms with E-state index in [4.69, 9.17) is 0 Å². The Hall–Kier alpha value is -1.72. The van der Waals surface area contributed by atoms with Crippen LogP contribution in [0, 0.1) is 5.41 Å². The molecule has 0 amide bonds. The number of rotatable bonds is 4. The third-order valence-electron chi connectivity index (χ3n) is 2.77. The Morgan fingerprint density at radius 1 is 1.38 bits per heavy atom. The van der Waals surface area contributed by atoms with Gasteiger partial charge in [-0.2, -0.15) is 0 Å². The Labute approximate surface area is 94.0 Å². The predicted molar refractivity (Wildman–Crippen MR) is 61.1 cm³/mol. The first kappa shape index (κ1) is 10.8. The van der Waals surface area contributed by atoms with Crippen LogP contribution in [0.1, 0.15) is 27.2 Å². The minimum atomic E-state index is 0.261. The maximum Gasteiger partial charge on any atom is 0.200 e. The first-order chi connectivity index (χ1) is 7.61. The third kappa shape index (κ3) is 2.26. The third-order valence-corrected chi connectivity index (χ3v) is 2.77. The summed E-state index contributed by atoms with van der Waals surface area (Å²) in [7, 11) is 0. The van der Waals surface area contributed by atoms with Gasteiger partial charge in [0.15, 0.2) is 5.65 Å². The van der Waals surface area contributed by atoms with Gasteiger partial charge in [0.2, 0.25) is 0 Å². The van der Waals surface area contributed by atoms with Crippen molar-refractivity contribution in [2.24, 2.45) is 5.41 Å². The molecule has 16 heavy (non-hydrogen) atoms.